The molecular formula is C11H11N3O4. The number of ether oxygens (including phenoxy) is 3. The van der Waals surface area contributed by atoms with Gasteiger partial charge in [-0.3, -0.25) is 0 Å². The van der Waals surface area contributed by atoms with Crippen LogP contribution in [0.4, 0.5) is 0 Å². The summed E-state index contributed by atoms with van der Waals surface area (Å²) in [5.41, 5.74) is 0. The summed E-state index contributed by atoms with van der Waals surface area (Å²) in [4.78, 5) is 11.7. The smallest absolute Gasteiger partial charge is 0.331 e. The van der Waals surface area contributed by atoms with Crippen molar-refractivity contribution in [3.05, 3.63) is 24.3 Å². The van der Waals surface area contributed by atoms with Crippen molar-refractivity contribution >= 4 is 0 Å². The third-order valence-corrected chi connectivity index (χ3v) is 1.98. The van der Waals surface area contributed by atoms with Gasteiger partial charge in [0.05, 0.1) is 14.2 Å². The molecule has 0 aliphatic rings. The van der Waals surface area contributed by atoms with Crippen molar-refractivity contribution in [3.8, 4) is 29.5 Å². The molecule has 0 radical (unpaired) electrons. The minimum atomic E-state index is 0.0457. The van der Waals surface area contributed by atoms with Gasteiger partial charge in [-0.2, -0.15) is 0 Å². The van der Waals surface area contributed by atoms with Gasteiger partial charge in [0.15, 0.2) is 0 Å². The van der Waals surface area contributed by atoms with E-state index in [9.17, 15) is 0 Å². The minimum Gasteiger partial charge on any atom is -0.508 e. The van der Waals surface area contributed by atoms with Crippen LogP contribution in [0.5, 0.6) is 29.5 Å². The Morgan fingerprint density at radius 2 is 1.33 bits per heavy atom. The Balaban J connectivity index is 2.25. The Bertz CT molecular complexity index is 508. The van der Waals surface area contributed by atoms with E-state index in [-0.39, 0.29) is 23.8 Å². The molecule has 0 aliphatic carbocycles. The Hall–Kier alpha value is -2.57. The van der Waals surface area contributed by atoms with E-state index in [1.807, 2.05) is 0 Å². The van der Waals surface area contributed by atoms with Crippen molar-refractivity contribution in [2.75, 3.05) is 14.2 Å². The van der Waals surface area contributed by atoms with E-state index in [0.717, 1.165) is 0 Å². The number of hydrogen-bond acceptors (Lipinski definition) is 7. The van der Waals surface area contributed by atoms with Gasteiger partial charge in [-0.05, 0) is 24.3 Å². The maximum Gasteiger partial charge on any atom is 0.331 e. The lowest BCUT2D eigenvalue weighted by Gasteiger charge is -2.06. The maximum atomic E-state index is 9.15. The number of benzene rings is 1. The molecule has 7 heteroatoms. The molecule has 1 aromatic carbocycles. The molecule has 0 spiro atoms. The van der Waals surface area contributed by atoms with Crippen LogP contribution >= 0.6 is 0 Å². The summed E-state index contributed by atoms with van der Waals surface area (Å²) in [6.07, 6.45) is 0. The van der Waals surface area contributed by atoms with E-state index in [1.165, 1.54) is 26.4 Å². The van der Waals surface area contributed by atoms with E-state index < -0.39 is 0 Å². The number of phenolic OH excluding ortho intramolecular Hbond substituents is 1. The highest BCUT2D eigenvalue weighted by Gasteiger charge is 2.09. The molecule has 1 N–H and O–H groups in total. The van der Waals surface area contributed by atoms with Crippen molar-refractivity contribution in [1.29, 1.82) is 0 Å². The fraction of sp³-hybridized carbons (Fsp3) is 0.182. The molecular weight excluding hydrogens is 238 g/mol. The molecule has 0 unspecified atom stereocenters. The van der Waals surface area contributed by atoms with E-state index in [0.29, 0.717) is 5.75 Å². The third-order valence-electron chi connectivity index (χ3n) is 1.98. The van der Waals surface area contributed by atoms with Crippen LogP contribution in [0.2, 0.25) is 0 Å². The molecule has 0 fully saturated rings. The van der Waals surface area contributed by atoms with Crippen LogP contribution < -0.4 is 14.2 Å². The largest absolute Gasteiger partial charge is 0.508 e. The van der Waals surface area contributed by atoms with Crippen molar-refractivity contribution in [2.45, 2.75) is 0 Å². The average molecular weight is 249 g/mol. The number of phenols is 1. The molecule has 2 rings (SSSR count). The second kappa shape index (κ2) is 5.17. The van der Waals surface area contributed by atoms with Crippen molar-refractivity contribution in [2.24, 2.45) is 0 Å². The van der Waals surface area contributed by atoms with E-state index in [4.69, 9.17) is 19.3 Å². The molecule has 2 aromatic rings. The predicted molar refractivity (Wildman–Crippen MR) is 61.1 cm³/mol. The molecule has 7 nitrogen and oxygen atoms in total. The van der Waals surface area contributed by atoms with Gasteiger partial charge in [0.25, 0.3) is 0 Å². The van der Waals surface area contributed by atoms with Gasteiger partial charge in [-0.15, -0.1) is 15.0 Å². The quantitative estimate of drug-likeness (QED) is 0.875. The van der Waals surface area contributed by atoms with Gasteiger partial charge >= 0.3 is 18.0 Å². The van der Waals surface area contributed by atoms with Crippen molar-refractivity contribution in [1.82, 2.24) is 15.0 Å². The number of hydrogen-bond donors (Lipinski definition) is 1. The Morgan fingerprint density at radius 1 is 0.833 bits per heavy atom. The van der Waals surface area contributed by atoms with Crippen molar-refractivity contribution in [3.63, 3.8) is 0 Å². The molecule has 0 saturated carbocycles. The van der Waals surface area contributed by atoms with Crippen LogP contribution in [0.1, 0.15) is 0 Å². The van der Waals surface area contributed by atoms with Crippen LogP contribution in [0, 0.1) is 0 Å². The maximum absolute atomic E-state index is 9.15. The summed E-state index contributed by atoms with van der Waals surface area (Å²) >= 11 is 0. The lowest BCUT2D eigenvalue weighted by molar-refractivity contribution is 0.320. The standard InChI is InChI=1S/C11H11N3O4/c1-16-9-12-10(17-2)14-11(13-9)18-8-5-3-7(15)4-6-8/h3-6,15H,1-2H3. The van der Waals surface area contributed by atoms with Crippen LogP contribution in [0.3, 0.4) is 0 Å². The van der Waals surface area contributed by atoms with Gasteiger partial charge in [-0.1, -0.05) is 0 Å². The zero-order chi connectivity index (χ0) is 13.0. The Labute approximate surface area is 103 Å². The summed E-state index contributed by atoms with van der Waals surface area (Å²) in [7, 11) is 2.86. The van der Waals surface area contributed by atoms with Gasteiger partial charge in [-0.25, -0.2) is 0 Å². The molecule has 94 valence electrons. The second-order valence-electron chi connectivity index (χ2n) is 3.19. The first-order chi connectivity index (χ1) is 8.71. The number of aromatic nitrogens is 3. The minimum absolute atomic E-state index is 0.0457. The van der Waals surface area contributed by atoms with Crippen molar-refractivity contribution < 1.29 is 19.3 Å². The predicted octanol–water partition coefficient (Wildman–Crippen LogP) is 1.39. The molecule has 0 saturated heterocycles. The first-order valence-electron chi connectivity index (χ1n) is 5.02. The highest BCUT2D eigenvalue weighted by Crippen LogP contribution is 2.22. The SMILES string of the molecule is COc1nc(OC)nc(Oc2ccc(O)cc2)n1. The van der Waals surface area contributed by atoms with Gasteiger partial charge in [0.2, 0.25) is 0 Å². The van der Waals surface area contributed by atoms with E-state index in [2.05, 4.69) is 15.0 Å². The normalized spacial score (nSPS) is 9.89. The van der Waals surface area contributed by atoms with Crippen LogP contribution in [-0.4, -0.2) is 34.3 Å². The first kappa shape index (κ1) is 11.9. The molecule has 0 amide bonds. The number of nitrogens with zero attached hydrogens (tertiary/aromatic N) is 3. The highest BCUT2D eigenvalue weighted by atomic mass is 16.5. The molecule has 0 bridgehead atoms. The molecule has 18 heavy (non-hydrogen) atoms. The lowest BCUT2D eigenvalue weighted by Crippen LogP contribution is -2.01. The zero-order valence-corrected chi connectivity index (χ0v) is 9.82. The monoisotopic (exact) mass is 249 g/mol. The highest BCUT2D eigenvalue weighted by molar-refractivity contribution is 5.31. The lowest BCUT2D eigenvalue weighted by atomic mass is 10.3. The Morgan fingerprint density at radius 3 is 1.83 bits per heavy atom. The number of aromatic hydroxyl groups is 1. The van der Waals surface area contributed by atoms with Crippen LogP contribution in [0.25, 0.3) is 0 Å². The van der Waals surface area contributed by atoms with E-state index in [1.54, 1.807) is 12.1 Å². The topological polar surface area (TPSA) is 86.6 Å². The molecule has 1 heterocycles. The summed E-state index contributed by atoms with van der Waals surface area (Å²) in [5.74, 6) is 0.622. The number of rotatable bonds is 4. The fourth-order valence-corrected chi connectivity index (χ4v) is 1.17. The second-order valence-corrected chi connectivity index (χ2v) is 3.19. The first-order valence-corrected chi connectivity index (χ1v) is 5.02. The summed E-state index contributed by atoms with van der Waals surface area (Å²) in [5, 5.41) is 9.15. The summed E-state index contributed by atoms with van der Waals surface area (Å²) in [6.45, 7) is 0. The zero-order valence-electron chi connectivity index (χ0n) is 9.82. The van der Waals surface area contributed by atoms with Gasteiger partial charge in [0, 0.05) is 0 Å². The third kappa shape index (κ3) is 2.76. The summed E-state index contributed by atoms with van der Waals surface area (Å²) in [6, 6.07) is 6.38. The average Bonchev–Trinajstić information content (AvgIpc) is 2.41. The number of methoxy groups -OCH3 is 2. The molecule has 1 aromatic heterocycles. The van der Waals surface area contributed by atoms with Gasteiger partial charge in [0.1, 0.15) is 11.5 Å². The van der Waals surface area contributed by atoms with Crippen LogP contribution in [-0.2, 0) is 0 Å². The molecule has 0 aliphatic heterocycles. The Kier molecular flexibility index (Phi) is 3.42. The van der Waals surface area contributed by atoms with Gasteiger partial charge < -0.3 is 19.3 Å². The molecule has 0 atom stereocenters. The van der Waals surface area contributed by atoms with Crippen LogP contribution in [0.15, 0.2) is 24.3 Å². The fourth-order valence-electron chi connectivity index (χ4n) is 1.17. The summed E-state index contributed by atoms with van der Waals surface area (Å²) < 4.78 is 15.2. The van der Waals surface area contributed by atoms with E-state index >= 15 is 0 Å².